The Morgan fingerprint density at radius 2 is 2.00 bits per heavy atom. The van der Waals surface area contributed by atoms with Crippen LogP contribution in [0, 0.1) is 0 Å². The van der Waals surface area contributed by atoms with Crippen LogP contribution in [0.15, 0.2) is 36.7 Å². The minimum Gasteiger partial charge on any atom is -0.354 e. The van der Waals surface area contributed by atoms with Crippen LogP contribution in [-0.2, 0) is 6.42 Å². The van der Waals surface area contributed by atoms with E-state index in [4.69, 9.17) is 5.73 Å². The van der Waals surface area contributed by atoms with E-state index in [0.29, 0.717) is 0 Å². The Morgan fingerprint density at radius 3 is 2.88 bits per heavy atom. The monoisotopic (exact) mass is 225 g/mol. The first-order valence-electron chi connectivity index (χ1n) is 5.93. The van der Waals surface area contributed by atoms with Gasteiger partial charge < -0.3 is 10.7 Å². The lowest BCUT2D eigenvalue weighted by Gasteiger charge is -2.00. The molecule has 0 spiro atoms. The lowest BCUT2D eigenvalue weighted by atomic mass is 10.1. The number of H-pyrrole nitrogens is 1. The fourth-order valence-electron chi connectivity index (χ4n) is 2.25. The molecule has 0 atom stereocenters. The highest BCUT2D eigenvalue weighted by atomic mass is 14.7. The van der Waals surface area contributed by atoms with Crippen LogP contribution in [-0.4, -0.2) is 16.5 Å². The van der Waals surface area contributed by atoms with Crippen LogP contribution in [0.4, 0.5) is 0 Å². The molecule has 2 aromatic heterocycles. The zero-order chi connectivity index (χ0) is 11.7. The highest BCUT2D eigenvalue weighted by Crippen LogP contribution is 2.25. The van der Waals surface area contributed by atoms with Crippen molar-refractivity contribution >= 4 is 21.8 Å². The third kappa shape index (κ3) is 1.78. The molecule has 3 nitrogen and oxygen atoms in total. The molecular formula is C14H15N3. The Morgan fingerprint density at radius 1 is 1.12 bits per heavy atom. The average Bonchev–Trinajstić information content (AvgIpc) is 2.74. The molecule has 3 aromatic rings. The minimum atomic E-state index is 0.744. The zero-order valence-electron chi connectivity index (χ0n) is 9.61. The zero-order valence-corrected chi connectivity index (χ0v) is 9.61. The Balaban J connectivity index is 2.16. The highest BCUT2D eigenvalue weighted by molar-refractivity contribution is 6.06. The van der Waals surface area contributed by atoms with Gasteiger partial charge >= 0.3 is 0 Å². The molecular weight excluding hydrogens is 210 g/mol. The SMILES string of the molecule is NCCCc1ccc2[nH]c3ccncc3c2c1. The van der Waals surface area contributed by atoms with Crippen LogP contribution in [0.5, 0.6) is 0 Å². The molecule has 0 saturated heterocycles. The maximum Gasteiger partial charge on any atom is 0.0495 e. The normalized spacial score (nSPS) is 11.4. The summed E-state index contributed by atoms with van der Waals surface area (Å²) in [6.45, 7) is 0.744. The maximum absolute atomic E-state index is 5.54. The molecule has 0 radical (unpaired) electrons. The Kier molecular flexibility index (Phi) is 2.53. The van der Waals surface area contributed by atoms with Gasteiger partial charge in [-0.05, 0) is 43.1 Å². The summed E-state index contributed by atoms with van der Waals surface area (Å²) >= 11 is 0. The second-order valence-corrected chi connectivity index (χ2v) is 4.32. The fraction of sp³-hybridized carbons (Fsp3) is 0.214. The Labute approximate surface area is 99.7 Å². The van der Waals surface area contributed by atoms with Gasteiger partial charge in [0.1, 0.15) is 0 Å². The van der Waals surface area contributed by atoms with Crippen molar-refractivity contribution in [3.05, 3.63) is 42.2 Å². The number of fused-ring (bicyclic) bond motifs is 3. The first-order valence-corrected chi connectivity index (χ1v) is 5.93. The molecule has 0 fully saturated rings. The molecule has 0 aliphatic rings. The lowest BCUT2D eigenvalue weighted by molar-refractivity contribution is 0.833. The van der Waals surface area contributed by atoms with E-state index < -0.39 is 0 Å². The molecule has 3 heteroatoms. The van der Waals surface area contributed by atoms with Gasteiger partial charge in [-0.1, -0.05) is 6.07 Å². The summed E-state index contributed by atoms with van der Waals surface area (Å²) in [5, 5.41) is 2.44. The van der Waals surface area contributed by atoms with Crippen molar-refractivity contribution in [1.82, 2.24) is 9.97 Å². The number of aromatic nitrogens is 2. The van der Waals surface area contributed by atoms with Crippen molar-refractivity contribution in [3.8, 4) is 0 Å². The van der Waals surface area contributed by atoms with Crippen molar-refractivity contribution in [2.75, 3.05) is 6.54 Å². The smallest absolute Gasteiger partial charge is 0.0495 e. The summed E-state index contributed by atoms with van der Waals surface area (Å²) in [4.78, 5) is 7.58. The molecule has 17 heavy (non-hydrogen) atoms. The summed E-state index contributed by atoms with van der Waals surface area (Å²) in [5.74, 6) is 0. The van der Waals surface area contributed by atoms with Crippen LogP contribution in [0.25, 0.3) is 21.8 Å². The quantitative estimate of drug-likeness (QED) is 0.720. The van der Waals surface area contributed by atoms with Gasteiger partial charge in [-0.15, -0.1) is 0 Å². The van der Waals surface area contributed by atoms with Crippen LogP contribution < -0.4 is 5.73 Å². The van der Waals surface area contributed by atoms with Crippen molar-refractivity contribution in [2.24, 2.45) is 5.73 Å². The average molecular weight is 225 g/mol. The van der Waals surface area contributed by atoms with Gasteiger partial charge in [0, 0.05) is 34.2 Å². The second kappa shape index (κ2) is 4.18. The summed E-state index contributed by atoms with van der Waals surface area (Å²) < 4.78 is 0. The Hall–Kier alpha value is -1.87. The number of nitrogens with zero attached hydrogens (tertiary/aromatic N) is 1. The molecule has 0 saturated carbocycles. The summed E-state index contributed by atoms with van der Waals surface area (Å²) in [6.07, 6.45) is 5.80. The van der Waals surface area contributed by atoms with Crippen molar-refractivity contribution in [1.29, 1.82) is 0 Å². The number of nitrogens with two attached hydrogens (primary N) is 1. The fourth-order valence-corrected chi connectivity index (χ4v) is 2.25. The molecule has 1 aromatic carbocycles. The number of hydrogen-bond acceptors (Lipinski definition) is 2. The Bertz CT molecular complexity index is 655. The van der Waals surface area contributed by atoms with E-state index in [2.05, 4.69) is 28.2 Å². The van der Waals surface area contributed by atoms with Gasteiger partial charge in [-0.3, -0.25) is 4.98 Å². The van der Waals surface area contributed by atoms with Crippen LogP contribution in [0.1, 0.15) is 12.0 Å². The van der Waals surface area contributed by atoms with E-state index in [0.717, 1.165) is 24.9 Å². The summed E-state index contributed by atoms with van der Waals surface area (Å²) in [7, 11) is 0. The number of aromatic amines is 1. The van der Waals surface area contributed by atoms with Crippen LogP contribution in [0.2, 0.25) is 0 Å². The largest absolute Gasteiger partial charge is 0.354 e. The van der Waals surface area contributed by atoms with Crippen molar-refractivity contribution < 1.29 is 0 Å². The van der Waals surface area contributed by atoms with Gasteiger partial charge in [0.05, 0.1) is 0 Å². The van der Waals surface area contributed by atoms with Crippen molar-refractivity contribution in [2.45, 2.75) is 12.8 Å². The standard InChI is InChI=1S/C14H15N3/c15-6-1-2-10-3-4-13-11(8-10)12-9-16-7-5-14(12)17-13/h3-5,7-9,17H,1-2,6,15H2. The van der Waals surface area contributed by atoms with E-state index in [9.17, 15) is 0 Å². The van der Waals surface area contributed by atoms with Crippen LogP contribution >= 0.6 is 0 Å². The molecule has 3 N–H and O–H groups in total. The van der Waals surface area contributed by atoms with Gasteiger partial charge in [0.2, 0.25) is 0 Å². The number of benzene rings is 1. The molecule has 2 heterocycles. The molecule has 0 bridgehead atoms. The molecule has 0 unspecified atom stereocenters. The van der Waals surface area contributed by atoms with E-state index in [1.54, 1.807) is 0 Å². The summed E-state index contributed by atoms with van der Waals surface area (Å²) in [5.41, 5.74) is 9.20. The molecule has 3 rings (SSSR count). The minimum absolute atomic E-state index is 0.744. The number of aryl methyl sites for hydroxylation is 1. The third-order valence-electron chi connectivity index (χ3n) is 3.13. The highest BCUT2D eigenvalue weighted by Gasteiger charge is 2.04. The molecule has 0 aliphatic heterocycles. The van der Waals surface area contributed by atoms with Gasteiger partial charge in [-0.2, -0.15) is 0 Å². The first kappa shape index (κ1) is 10.3. The number of nitrogens with one attached hydrogen (secondary N) is 1. The maximum atomic E-state index is 5.54. The first-order chi connectivity index (χ1) is 8.38. The number of hydrogen-bond donors (Lipinski definition) is 2. The number of pyridine rings is 1. The van der Waals surface area contributed by atoms with E-state index in [1.807, 2.05) is 18.5 Å². The molecule has 0 aliphatic carbocycles. The van der Waals surface area contributed by atoms with Gasteiger partial charge in [0.15, 0.2) is 0 Å². The predicted molar refractivity (Wildman–Crippen MR) is 71.0 cm³/mol. The van der Waals surface area contributed by atoms with E-state index >= 15 is 0 Å². The topological polar surface area (TPSA) is 54.7 Å². The van der Waals surface area contributed by atoms with Crippen molar-refractivity contribution in [3.63, 3.8) is 0 Å². The van der Waals surface area contributed by atoms with E-state index in [-0.39, 0.29) is 0 Å². The number of rotatable bonds is 3. The predicted octanol–water partition coefficient (Wildman–Crippen LogP) is 2.61. The van der Waals surface area contributed by atoms with Crippen LogP contribution in [0.3, 0.4) is 0 Å². The van der Waals surface area contributed by atoms with Gasteiger partial charge in [0.25, 0.3) is 0 Å². The summed E-state index contributed by atoms with van der Waals surface area (Å²) in [6, 6.07) is 8.56. The van der Waals surface area contributed by atoms with Gasteiger partial charge in [-0.25, -0.2) is 0 Å². The third-order valence-corrected chi connectivity index (χ3v) is 3.13. The second-order valence-electron chi connectivity index (χ2n) is 4.32. The molecule has 0 amide bonds. The molecule has 86 valence electrons. The van der Waals surface area contributed by atoms with E-state index in [1.165, 1.54) is 21.9 Å². The lowest BCUT2D eigenvalue weighted by Crippen LogP contribution is -2.00.